The molecule has 1 aromatic carbocycles. The number of aryl methyl sites for hydroxylation is 1. The standard InChI is InChI=1S/C16H22N2O3/c1-12-5-3-4-6-14(12)17(2)16(21)18-10-9-13(11-18)7-8-15(19)20/h3-6,13H,7-11H2,1-2H3,(H,19,20). The first-order valence-electron chi connectivity index (χ1n) is 7.29. The summed E-state index contributed by atoms with van der Waals surface area (Å²) in [6.07, 6.45) is 1.72. The number of hydrogen-bond donors (Lipinski definition) is 1. The number of benzene rings is 1. The van der Waals surface area contributed by atoms with Crippen molar-refractivity contribution in [2.45, 2.75) is 26.2 Å². The second-order valence-corrected chi connectivity index (χ2v) is 5.66. The van der Waals surface area contributed by atoms with Crippen molar-refractivity contribution in [2.75, 3.05) is 25.0 Å². The largest absolute Gasteiger partial charge is 0.481 e. The number of urea groups is 1. The lowest BCUT2D eigenvalue weighted by Gasteiger charge is -2.26. The van der Waals surface area contributed by atoms with Crippen molar-refractivity contribution in [1.29, 1.82) is 0 Å². The summed E-state index contributed by atoms with van der Waals surface area (Å²) in [5.41, 5.74) is 1.98. The van der Waals surface area contributed by atoms with Crippen molar-refractivity contribution >= 4 is 17.7 Å². The Kier molecular flexibility index (Phi) is 4.83. The van der Waals surface area contributed by atoms with Gasteiger partial charge in [0.1, 0.15) is 0 Å². The molecule has 1 unspecified atom stereocenters. The normalized spacial score (nSPS) is 17.8. The molecule has 1 aromatic rings. The van der Waals surface area contributed by atoms with Crippen LogP contribution in [0.15, 0.2) is 24.3 Å². The van der Waals surface area contributed by atoms with Gasteiger partial charge in [-0.2, -0.15) is 0 Å². The Hall–Kier alpha value is -2.04. The van der Waals surface area contributed by atoms with E-state index in [9.17, 15) is 9.59 Å². The number of nitrogens with zero attached hydrogens (tertiary/aromatic N) is 2. The number of amides is 2. The average molecular weight is 290 g/mol. The first kappa shape index (κ1) is 15.4. The van der Waals surface area contributed by atoms with Crippen LogP contribution in [0.1, 0.15) is 24.8 Å². The third-order valence-electron chi connectivity index (χ3n) is 4.09. The maximum absolute atomic E-state index is 12.5. The van der Waals surface area contributed by atoms with Gasteiger partial charge in [0.05, 0.1) is 0 Å². The third kappa shape index (κ3) is 3.74. The zero-order valence-corrected chi connectivity index (χ0v) is 12.6. The second-order valence-electron chi connectivity index (χ2n) is 5.66. The molecule has 0 saturated carbocycles. The Labute approximate surface area is 125 Å². The predicted molar refractivity (Wildman–Crippen MR) is 81.5 cm³/mol. The van der Waals surface area contributed by atoms with Gasteiger partial charge in [-0.25, -0.2) is 4.79 Å². The number of rotatable bonds is 4. The smallest absolute Gasteiger partial charge is 0.324 e. The minimum atomic E-state index is -0.767. The summed E-state index contributed by atoms with van der Waals surface area (Å²) in [5, 5.41) is 8.73. The molecular formula is C16H22N2O3. The Morgan fingerprint density at radius 3 is 2.76 bits per heavy atom. The van der Waals surface area contributed by atoms with Crippen LogP contribution in [0.25, 0.3) is 0 Å². The molecule has 2 rings (SSSR count). The maximum Gasteiger partial charge on any atom is 0.324 e. The van der Waals surface area contributed by atoms with Gasteiger partial charge in [-0.05, 0) is 37.3 Å². The summed E-state index contributed by atoms with van der Waals surface area (Å²) < 4.78 is 0. The van der Waals surface area contributed by atoms with E-state index in [-0.39, 0.29) is 12.5 Å². The van der Waals surface area contributed by atoms with Crippen LogP contribution in [0.4, 0.5) is 10.5 Å². The number of hydrogen-bond acceptors (Lipinski definition) is 2. The van der Waals surface area contributed by atoms with E-state index in [1.165, 1.54) is 0 Å². The van der Waals surface area contributed by atoms with Crippen molar-refractivity contribution in [1.82, 2.24) is 4.90 Å². The number of para-hydroxylation sites is 1. The fourth-order valence-corrected chi connectivity index (χ4v) is 2.82. The van der Waals surface area contributed by atoms with Gasteiger partial charge in [0.25, 0.3) is 0 Å². The van der Waals surface area contributed by atoms with Gasteiger partial charge in [0.15, 0.2) is 0 Å². The molecule has 1 fully saturated rings. The fraction of sp³-hybridized carbons (Fsp3) is 0.500. The highest BCUT2D eigenvalue weighted by Crippen LogP contribution is 2.24. The number of aliphatic carboxylic acids is 1. The third-order valence-corrected chi connectivity index (χ3v) is 4.09. The molecule has 0 radical (unpaired) electrons. The van der Waals surface area contributed by atoms with Crippen molar-refractivity contribution in [3.8, 4) is 0 Å². The second kappa shape index (κ2) is 6.61. The van der Waals surface area contributed by atoms with E-state index >= 15 is 0 Å². The minimum absolute atomic E-state index is 0.0119. The molecular weight excluding hydrogens is 268 g/mol. The Balaban J connectivity index is 1.95. The highest BCUT2D eigenvalue weighted by atomic mass is 16.4. The van der Waals surface area contributed by atoms with Crippen molar-refractivity contribution in [3.05, 3.63) is 29.8 Å². The molecule has 1 N–H and O–H groups in total. The molecule has 1 heterocycles. The summed E-state index contributed by atoms with van der Waals surface area (Å²) in [6.45, 7) is 3.35. The van der Waals surface area contributed by atoms with Crippen LogP contribution in [-0.2, 0) is 4.79 Å². The average Bonchev–Trinajstić information content (AvgIpc) is 2.93. The predicted octanol–water partition coefficient (Wildman–Crippen LogP) is 2.74. The number of carbonyl (C=O) groups is 2. The Morgan fingerprint density at radius 1 is 1.38 bits per heavy atom. The fourth-order valence-electron chi connectivity index (χ4n) is 2.82. The Bertz CT molecular complexity index is 530. The number of carboxylic acid groups (broad SMARTS) is 1. The molecule has 5 nitrogen and oxygen atoms in total. The van der Waals surface area contributed by atoms with Crippen molar-refractivity contribution in [3.63, 3.8) is 0 Å². The van der Waals surface area contributed by atoms with Crippen LogP contribution < -0.4 is 4.90 Å². The zero-order valence-electron chi connectivity index (χ0n) is 12.6. The van der Waals surface area contributed by atoms with E-state index < -0.39 is 5.97 Å². The highest BCUT2D eigenvalue weighted by molar-refractivity contribution is 5.92. The first-order valence-corrected chi connectivity index (χ1v) is 7.29. The van der Waals surface area contributed by atoms with Crippen LogP contribution in [0.2, 0.25) is 0 Å². The lowest BCUT2D eigenvalue weighted by atomic mass is 10.0. The van der Waals surface area contributed by atoms with Gasteiger partial charge >= 0.3 is 12.0 Å². The summed E-state index contributed by atoms with van der Waals surface area (Å²) in [7, 11) is 1.79. The molecule has 5 heteroatoms. The molecule has 2 amide bonds. The monoisotopic (exact) mass is 290 g/mol. The molecule has 0 bridgehead atoms. The molecule has 1 aliphatic heterocycles. The van der Waals surface area contributed by atoms with Gasteiger partial charge in [0, 0.05) is 32.2 Å². The van der Waals surface area contributed by atoms with Crippen molar-refractivity contribution < 1.29 is 14.7 Å². The van der Waals surface area contributed by atoms with E-state index in [2.05, 4.69) is 0 Å². The molecule has 0 spiro atoms. The van der Waals surface area contributed by atoms with Gasteiger partial charge < -0.3 is 10.0 Å². The van der Waals surface area contributed by atoms with Crippen LogP contribution >= 0.6 is 0 Å². The quantitative estimate of drug-likeness (QED) is 0.927. The van der Waals surface area contributed by atoms with Gasteiger partial charge in [-0.15, -0.1) is 0 Å². The van der Waals surface area contributed by atoms with E-state index in [4.69, 9.17) is 5.11 Å². The number of anilines is 1. The summed E-state index contributed by atoms with van der Waals surface area (Å²) in [5.74, 6) is -0.466. The number of carboxylic acids is 1. The molecule has 1 saturated heterocycles. The molecule has 0 aromatic heterocycles. The van der Waals surface area contributed by atoms with Crippen LogP contribution in [0, 0.1) is 12.8 Å². The van der Waals surface area contributed by atoms with Crippen LogP contribution in [0.5, 0.6) is 0 Å². The van der Waals surface area contributed by atoms with Gasteiger partial charge in [-0.3, -0.25) is 9.69 Å². The lowest BCUT2D eigenvalue weighted by molar-refractivity contribution is -0.137. The molecule has 1 atom stereocenters. The molecule has 1 aliphatic rings. The summed E-state index contributed by atoms with van der Waals surface area (Å²) >= 11 is 0. The van der Waals surface area contributed by atoms with E-state index in [0.29, 0.717) is 25.4 Å². The maximum atomic E-state index is 12.5. The van der Waals surface area contributed by atoms with E-state index in [1.54, 1.807) is 11.9 Å². The lowest BCUT2D eigenvalue weighted by Crippen LogP contribution is -2.40. The number of likely N-dealkylation sites (tertiary alicyclic amines) is 1. The first-order chi connectivity index (χ1) is 9.99. The molecule has 0 aliphatic carbocycles. The summed E-state index contributed by atoms with van der Waals surface area (Å²) in [4.78, 5) is 26.6. The van der Waals surface area contributed by atoms with Gasteiger partial charge in [-0.1, -0.05) is 18.2 Å². The topological polar surface area (TPSA) is 60.9 Å². The Morgan fingerprint density at radius 2 is 2.10 bits per heavy atom. The number of carbonyl (C=O) groups excluding carboxylic acids is 1. The van der Waals surface area contributed by atoms with Crippen molar-refractivity contribution in [2.24, 2.45) is 5.92 Å². The van der Waals surface area contributed by atoms with Gasteiger partial charge in [0.2, 0.25) is 0 Å². The minimum Gasteiger partial charge on any atom is -0.481 e. The summed E-state index contributed by atoms with van der Waals surface area (Å²) in [6, 6.07) is 7.78. The SMILES string of the molecule is Cc1ccccc1N(C)C(=O)N1CCC(CCC(=O)O)C1. The van der Waals surface area contributed by atoms with Crippen LogP contribution in [-0.4, -0.2) is 42.1 Å². The van der Waals surface area contributed by atoms with Crippen LogP contribution in [0.3, 0.4) is 0 Å². The molecule has 114 valence electrons. The van der Waals surface area contributed by atoms with E-state index in [0.717, 1.165) is 17.7 Å². The highest BCUT2D eigenvalue weighted by Gasteiger charge is 2.29. The van der Waals surface area contributed by atoms with E-state index in [1.807, 2.05) is 36.1 Å². The molecule has 21 heavy (non-hydrogen) atoms. The zero-order chi connectivity index (χ0) is 15.4.